The highest BCUT2D eigenvalue weighted by Gasteiger charge is 2.40. The van der Waals surface area contributed by atoms with Crippen molar-refractivity contribution in [1.82, 2.24) is 0 Å². The van der Waals surface area contributed by atoms with Gasteiger partial charge in [0.15, 0.2) is 0 Å². The Morgan fingerprint density at radius 3 is 1.34 bits per heavy atom. The molecule has 0 bridgehead atoms. The molecule has 2 nitrogen and oxygen atoms in total. The van der Waals surface area contributed by atoms with Gasteiger partial charge >= 0.3 is 0 Å². The Morgan fingerprint density at radius 1 is 0.512 bits per heavy atom. The number of benzene rings is 2. The maximum Gasteiger partial charge on any atom is 0.0314 e. The highest BCUT2D eigenvalue weighted by atomic mass is 14.6. The van der Waals surface area contributed by atoms with E-state index < -0.39 is 0 Å². The van der Waals surface area contributed by atoms with Gasteiger partial charge < -0.3 is 11.5 Å². The van der Waals surface area contributed by atoms with Gasteiger partial charge in [-0.15, -0.1) is 0 Å². The first-order valence-electron chi connectivity index (χ1n) is 17.8. The third-order valence-corrected chi connectivity index (χ3v) is 11.1. The zero-order valence-corrected chi connectivity index (χ0v) is 26.6. The molecule has 0 radical (unpaired) electrons. The maximum atomic E-state index is 6.06. The van der Waals surface area contributed by atoms with Crippen LogP contribution in [0.2, 0.25) is 0 Å². The van der Waals surface area contributed by atoms with Gasteiger partial charge in [-0.25, -0.2) is 0 Å². The summed E-state index contributed by atoms with van der Waals surface area (Å²) in [5.41, 5.74) is 16.8. The van der Waals surface area contributed by atoms with Crippen LogP contribution < -0.4 is 11.5 Å². The van der Waals surface area contributed by atoms with E-state index in [0.29, 0.717) is 0 Å². The fraction of sp³-hybridized carbons (Fsp3) is 0.692. The van der Waals surface area contributed by atoms with Crippen molar-refractivity contribution in [3.05, 3.63) is 59.7 Å². The number of hydrogen-bond acceptors (Lipinski definition) is 2. The molecule has 4 N–H and O–H groups in total. The zero-order chi connectivity index (χ0) is 28.8. The largest absolute Gasteiger partial charge is 0.399 e. The number of unbranched alkanes of at least 4 members (excludes halogenated alkanes) is 12. The number of rotatable bonds is 17. The van der Waals surface area contributed by atoms with E-state index in [1.807, 2.05) is 0 Å². The Hall–Kier alpha value is -1.96. The standard InChI is InChI=1S/C39H62N2/c1-2-3-4-5-6-7-8-9-10-11-12-13-14-15-32-16-18-33(19-17-32)34-28-30-39(31-29-34,35-20-24-37(40)25-21-35)36-22-26-38(41)27-23-36/h20-27,32-34H,2-19,28-31,40-41H2,1H3. The predicted molar refractivity (Wildman–Crippen MR) is 180 cm³/mol. The summed E-state index contributed by atoms with van der Waals surface area (Å²) in [7, 11) is 0. The molecule has 0 aliphatic heterocycles. The van der Waals surface area contributed by atoms with Crippen LogP contribution >= 0.6 is 0 Å². The van der Waals surface area contributed by atoms with Gasteiger partial charge in [-0.1, -0.05) is 134 Å². The van der Waals surface area contributed by atoms with Crippen LogP contribution in [0.15, 0.2) is 48.5 Å². The second kappa shape index (κ2) is 17.2. The molecule has 4 rings (SSSR count). The van der Waals surface area contributed by atoms with Crippen molar-refractivity contribution in [3.63, 3.8) is 0 Å². The van der Waals surface area contributed by atoms with E-state index in [0.717, 1.165) is 29.1 Å². The monoisotopic (exact) mass is 558 g/mol. The summed E-state index contributed by atoms with van der Waals surface area (Å²) in [5, 5.41) is 0. The summed E-state index contributed by atoms with van der Waals surface area (Å²) in [6.45, 7) is 2.31. The summed E-state index contributed by atoms with van der Waals surface area (Å²) < 4.78 is 0. The molecule has 41 heavy (non-hydrogen) atoms. The van der Waals surface area contributed by atoms with Crippen molar-refractivity contribution in [2.24, 2.45) is 17.8 Å². The van der Waals surface area contributed by atoms with Crippen LogP contribution in [0.4, 0.5) is 11.4 Å². The van der Waals surface area contributed by atoms with Gasteiger partial charge in [-0.3, -0.25) is 0 Å². The summed E-state index contributed by atoms with van der Waals surface area (Å²) in [6, 6.07) is 17.4. The Bertz CT molecular complexity index is 899. The molecule has 2 aliphatic carbocycles. The lowest BCUT2D eigenvalue weighted by Crippen LogP contribution is -2.36. The Kier molecular flexibility index (Phi) is 13.4. The van der Waals surface area contributed by atoms with Crippen LogP contribution in [0.25, 0.3) is 0 Å². The molecule has 2 heteroatoms. The second-order valence-electron chi connectivity index (χ2n) is 14.0. The van der Waals surface area contributed by atoms with Crippen LogP contribution in [0, 0.1) is 17.8 Å². The van der Waals surface area contributed by atoms with E-state index >= 15 is 0 Å². The van der Waals surface area contributed by atoms with Crippen LogP contribution in [0.1, 0.15) is 159 Å². The highest BCUT2D eigenvalue weighted by molar-refractivity contribution is 5.49. The molecule has 0 heterocycles. The molecule has 0 amide bonds. The minimum atomic E-state index is 0.101. The van der Waals surface area contributed by atoms with Crippen molar-refractivity contribution in [2.45, 2.75) is 154 Å². The number of nitrogens with two attached hydrogens (primary N) is 2. The fourth-order valence-corrected chi connectivity index (χ4v) is 8.35. The fourth-order valence-electron chi connectivity index (χ4n) is 8.35. The number of nitrogen functional groups attached to an aromatic ring is 2. The van der Waals surface area contributed by atoms with E-state index in [9.17, 15) is 0 Å². The van der Waals surface area contributed by atoms with E-state index in [4.69, 9.17) is 11.5 Å². The Labute approximate surface area is 253 Å². The summed E-state index contributed by atoms with van der Waals surface area (Å²) in [4.78, 5) is 0. The average molecular weight is 559 g/mol. The normalized spacial score (nSPS) is 21.2. The van der Waals surface area contributed by atoms with Gasteiger partial charge in [0.05, 0.1) is 0 Å². The van der Waals surface area contributed by atoms with Gasteiger partial charge in [0.1, 0.15) is 0 Å². The summed E-state index contributed by atoms with van der Waals surface area (Å²) >= 11 is 0. The first-order chi connectivity index (χ1) is 20.1. The smallest absolute Gasteiger partial charge is 0.0314 e. The van der Waals surface area contributed by atoms with Crippen molar-refractivity contribution >= 4 is 11.4 Å². The Balaban J connectivity index is 1.11. The quantitative estimate of drug-likeness (QED) is 0.150. The third-order valence-electron chi connectivity index (χ3n) is 11.1. The SMILES string of the molecule is CCCCCCCCCCCCCCCC1CCC(C2CCC(c3ccc(N)cc3)(c3ccc(N)cc3)CC2)CC1. The van der Waals surface area contributed by atoms with Crippen molar-refractivity contribution < 1.29 is 0 Å². The van der Waals surface area contributed by atoms with Crippen molar-refractivity contribution in [1.29, 1.82) is 0 Å². The third kappa shape index (κ3) is 9.79. The van der Waals surface area contributed by atoms with Gasteiger partial charge in [-0.2, -0.15) is 0 Å². The molecular formula is C39H62N2. The van der Waals surface area contributed by atoms with Crippen molar-refractivity contribution in [2.75, 3.05) is 11.5 Å². The van der Waals surface area contributed by atoms with Crippen LogP contribution in [0.3, 0.4) is 0 Å². The lowest BCUT2D eigenvalue weighted by Gasteiger charge is -2.44. The zero-order valence-electron chi connectivity index (χ0n) is 26.6. The van der Waals surface area contributed by atoms with Gasteiger partial charge in [-0.05, 0) is 91.7 Å². The molecule has 0 unspecified atom stereocenters. The summed E-state index contributed by atoms with van der Waals surface area (Å²) in [6.07, 6.45) is 31.6. The van der Waals surface area contributed by atoms with Crippen LogP contribution in [-0.4, -0.2) is 0 Å². The lowest BCUT2D eigenvalue weighted by atomic mass is 9.60. The maximum absolute atomic E-state index is 6.06. The van der Waals surface area contributed by atoms with E-state index in [1.165, 1.54) is 152 Å². The molecule has 0 spiro atoms. The minimum Gasteiger partial charge on any atom is -0.399 e. The molecule has 2 aliphatic rings. The van der Waals surface area contributed by atoms with E-state index in [-0.39, 0.29) is 5.41 Å². The molecular weight excluding hydrogens is 496 g/mol. The molecule has 228 valence electrons. The molecule has 0 aromatic heterocycles. The minimum absolute atomic E-state index is 0.101. The molecule has 0 saturated heterocycles. The summed E-state index contributed by atoms with van der Waals surface area (Å²) in [5.74, 6) is 2.86. The van der Waals surface area contributed by atoms with Crippen LogP contribution in [-0.2, 0) is 5.41 Å². The van der Waals surface area contributed by atoms with Crippen LogP contribution in [0.5, 0.6) is 0 Å². The van der Waals surface area contributed by atoms with E-state index in [1.54, 1.807) is 0 Å². The van der Waals surface area contributed by atoms with Gasteiger partial charge in [0.25, 0.3) is 0 Å². The molecule has 0 atom stereocenters. The highest BCUT2D eigenvalue weighted by Crippen LogP contribution is 2.50. The average Bonchev–Trinajstić information content (AvgIpc) is 3.00. The second-order valence-corrected chi connectivity index (χ2v) is 14.0. The van der Waals surface area contributed by atoms with Gasteiger partial charge in [0.2, 0.25) is 0 Å². The first kappa shape index (κ1) is 32.0. The molecule has 2 aromatic rings. The molecule has 2 fully saturated rings. The van der Waals surface area contributed by atoms with Crippen molar-refractivity contribution in [3.8, 4) is 0 Å². The Morgan fingerprint density at radius 2 is 0.902 bits per heavy atom. The van der Waals surface area contributed by atoms with Gasteiger partial charge in [0, 0.05) is 16.8 Å². The lowest BCUT2D eigenvalue weighted by molar-refractivity contribution is 0.140. The first-order valence-corrected chi connectivity index (χ1v) is 17.8. The molecule has 2 aromatic carbocycles. The topological polar surface area (TPSA) is 52.0 Å². The van der Waals surface area contributed by atoms with E-state index in [2.05, 4.69) is 55.5 Å². The number of hydrogen-bond donors (Lipinski definition) is 2. The number of anilines is 2. The predicted octanol–water partition coefficient (Wildman–Crippen LogP) is 11.6. The molecule has 2 saturated carbocycles.